The van der Waals surface area contributed by atoms with Crippen molar-refractivity contribution in [2.45, 2.75) is 32.7 Å². The van der Waals surface area contributed by atoms with Gasteiger partial charge >= 0.3 is 0 Å². The van der Waals surface area contributed by atoms with Crippen molar-refractivity contribution in [1.29, 1.82) is 0 Å². The van der Waals surface area contributed by atoms with Crippen molar-refractivity contribution in [2.24, 2.45) is 5.92 Å². The van der Waals surface area contributed by atoms with Crippen LogP contribution in [0, 0.1) is 5.92 Å². The molecule has 1 atom stereocenters. The predicted molar refractivity (Wildman–Crippen MR) is 103 cm³/mol. The molecule has 0 radical (unpaired) electrons. The minimum Gasteiger partial charge on any atom is -0.324 e. The van der Waals surface area contributed by atoms with E-state index in [4.69, 9.17) is 11.6 Å². The summed E-state index contributed by atoms with van der Waals surface area (Å²) in [5.41, 5.74) is 1.42. The Kier molecular flexibility index (Phi) is 4.50. The summed E-state index contributed by atoms with van der Waals surface area (Å²) in [7, 11) is 0. The average Bonchev–Trinajstić information content (AvgIpc) is 2.95. The number of anilines is 1. The highest BCUT2D eigenvalue weighted by Gasteiger charge is 2.24. The zero-order chi connectivity index (χ0) is 18.3. The summed E-state index contributed by atoms with van der Waals surface area (Å²) in [5, 5.41) is 12.0. The number of nitrogens with one attached hydrogen (secondary N) is 1. The van der Waals surface area contributed by atoms with Gasteiger partial charge in [-0.3, -0.25) is 9.59 Å². The molecule has 26 heavy (non-hydrogen) atoms. The molecule has 2 aromatic heterocycles. The molecule has 1 amide bonds. The summed E-state index contributed by atoms with van der Waals surface area (Å²) in [5.74, 6) is 0.273. The van der Waals surface area contributed by atoms with Gasteiger partial charge in [0.2, 0.25) is 5.91 Å². The normalized spacial score (nSPS) is 16.5. The highest BCUT2D eigenvalue weighted by atomic mass is 35.5. The molecule has 8 heteroatoms. The number of benzene rings is 1. The largest absolute Gasteiger partial charge is 0.324 e. The van der Waals surface area contributed by atoms with Crippen LogP contribution in [-0.4, -0.2) is 20.9 Å². The van der Waals surface area contributed by atoms with Crippen LogP contribution in [-0.2, 0) is 24.2 Å². The maximum atomic E-state index is 12.9. The molecule has 0 saturated heterocycles. The van der Waals surface area contributed by atoms with E-state index in [1.54, 1.807) is 35.6 Å². The molecule has 0 spiro atoms. The molecular formula is C18H17ClN4O2S. The first-order valence-corrected chi connectivity index (χ1v) is 9.64. The smallest absolute Gasteiger partial charge is 0.279 e. The standard InChI is InChI=1S/C18H17ClN4O2S/c1-10-5-6-13-14(7-10)26-17-16(13)18(25)23(22-21-17)9-15(24)20-12-4-2-3-11(19)8-12/h2-4,8,10H,5-7,9H2,1H3,(H,20,24). The number of hydrogen-bond acceptors (Lipinski definition) is 5. The van der Waals surface area contributed by atoms with E-state index in [-0.39, 0.29) is 18.0 Å². The summed E-state index contributed by atoms with van der Waals surface area (Å²) in [4.78, 5) is 27.0. The van der Waals surface area contributed by atoms with Crippen LogP contribution in [0.5, 0.6) is 0 Å². The highest BCUT2D eigenvalue weighted by molar-refractivity contribution is 7.18. The maximum absolute atomic E-state index is 12.9. The molecule has 1 unspecified atom stereocenters. The number of nitrogens with zero attached hydrogens (tertiary/aromatic N) is 3. The van der Waals surface area contributed by atoms with Crippen molar-refractivity contribution < 1.29 is 4.79 Å². The number of aromatic nitrogens is 3. The van der Waals surface area contributed by atoms with Crippen LogP contribution in [0.15, 0.2) is 29.1 Å². The van der Waals surface area contributed by atoms with Gasteiger partial charge in [0, 0.05) is 15.6 Å². The van der Waals surface area contributed by atoms with Gasteiger partial charge in [-0.2, -0.15) is 0 Å². The van der Waals surface area contributed by atoms with Gasteiger partial charge < -0.3 is 5.32 Å². The van der Waals surface area contributed by atoms with Gasteiger partial charge in [-0.05, 0) is 48.9 Å². The summed E-state index contributed by atoms with van der Waals surface area (Å²) < 4.78 is 1.13. The Balaban J connectivity index is 1.62. The first kappa shape index (κ1) is 17.2. The zero-order valence-corrected chi connectivity index (χ0v) is 15.7. The minimum absolute atomic E-state index is 0.185. The molecular weight excluding hydrogens is 372 g/mol. The van der Waals surface area contributed by atoms with Gasteiger partial charge in [-0.15, -0.1) is 16.4 Å². The number of carbonyl (C=O) groups excluding carboxylic acids is 1. The molecule has 1 aliphatic carbocycles. The SMILES string of the molecule is CC1CCc2c(sc3nnn(CC(=O)Nc4cccc(Cl)c4)c(=O)c23)C1. The first-order chi connectivity index (χ1) is 12.5. The Morgan fingerprint density at radius 1 is 1.46 bits per heavy atom. The van der Waals surface area contributed by atoms with E-state index in [0.717, 1.165) is 29.5 Å². The Morgan fingerprint density at radius 2 is 2.31 bits per heavy atom. The summed E-state index contributed by atoms with van der Waals surface area (Å²) in [6.07, 6.45) is 2.92. The van der Waals surface area contributed by atoms with E-state index in [1.165, 1.54) is 4.88 Å². The van der Waals surface area contributed by atoms with Crippen LogP contribution in [0.2, 0.25) is 5.02 Å². The summed E-state index contributed by atoms with van der Waals surface area (Å²) in [6.45, 7) is 2.03. The van der Waals surface area contributed by atoms with Gasteiger partial charge in [-0.25, -0.2) is 4.68 Å². The lowest BCUT2D eigenvalue weighted by Gasteiger charge is -2.17. The number of hydrogen-bond donors (Lipinski definition) is 1. The lowest BCUT2D eigenvalue weighted by molar-refractivity contribution is -0.117. The molecule has 1 N–H and O–H groups in total. The van der Waals surface area contributed by atoms with Gasteiger partial charge in [0.25, 0.3) is 5.56 Å². The van der Waals surface area contributed by atoms with Crippen LogP contribution in [0.1, 0.15) is 23.8 Å². The van der Waals surface area contributed by atoms with Crippen LogP contribution < -0.4 is 10.9 Å². The van der Waals surface area contributed by atoms with Crippen LogP contribution in [0.4, 0.5) is 5.69 Å². The van der Waals surface area contributed by atoms with Gasteiger partial charge in [0.15, 0.2) is 4.83 Å². The molecule has 1 aromatic carbocycles. The van der Waals surface area contributed by atoms with E-state index in [0.29, 0.717) is 26.8 Å². The predicted octanol–water partition coefficient (Wildman–Crippen LogP) is 3.27. The Bertz CT molecular complexity index is 1060. The number of thiophene rings is 1. The third kappa shape index (κ3) is 3.24. The second-order valence-corrected chi connectivity index (χ2v) is 8.16. The maximum Gasteiger partial charge on any atom is 0.279 e. The average molecular weight is 389 g/mol. The number of aryl methyl sites for hydroxylation is 1. The molecule has 2 heterocycles. The molecule has 1 aliphatic rings. The van der Waals surface area contributed by atoms with E-state index in [2.05, 4.69) is 22.6 Å². The van der Waals surface area contributed by atoms with Crippen LogP contribution in [0.25, 0.3) is 10.2 Å². The second kappa shape index (κ2) is 6.81. The number of amides is 1. The number of carbonyl (C=O) groups is 1. The van der Waals surface area contributed by atoms with Crippen molar-refractivity contribution >= 4 is 44.7 Å². The zero-order valence-electron chi connectivity index (χ0n) is 14.2. The Labute approximate surface area is 158 Å². The van der Waals surface area contributed by atoms with E-state index >= 15 is 0 Å². The number of rotatable bonds is 3. The first-order valence-electron chi connectivity index (χ1n) is 8.44. The molecule has 0 saturated carbocycles. The van der Waals surface area contributed by atoms with Crippen molar-refractivity contribution in [2.75, 3.05) is 5.32 Å². The molecule has 6 nitrogen and oxygen atoms in total. The van der Waals surface area contributed by atoms with Crippen molar-refractivity contribution in [3.05, 3.63) is 50.1 Å². The fraction of sp³-hybridized carbons (Fsp3) is 0.333. The molecule has 0 fully saturated rings. The Hall–Kier alpha value is -2.25. The molecule has 4 rings (SSSR count). The van der Waals surface area contributed by atoms with Crippen molar-refractivity contribution in [3.63, 3.8) is 0 Å². The highest BCUT2D eigenvalue weighted by Crippen LogP contribution is 2.35. The summed E-state index contributed by atoms with van der Waals surface area (Å²) in [6, 6.07) is 6.85. The summed E-state index contributed by atoms with van der Waals surface area (Å²) >= 11 is 7.46. The van der Waals surface area contributed by atoms with Crippen LogP contribution >= 0.6 is 22.9 Å². The number of halogens is 1. The van der Waals surface area contributed by atoms with E-state index in [1.807, 2.05) is 0 Å². The fourth-order valence-electron chi connectivity index (χ4n) is 3.30. The second-order valence-electron chi connectivity index (χ2n) is 6.64. The third-order valence-electron chi connectivity index (χ3n) is 4.59. The van der Waals surface area contributed by atoms with E-state index in [9.17, 15) is 9.59 Å². The Morgan fingerprint density at radius 3 is 3.12 bits per heavy atom. The molecule has 3 aromatic rings. The quantitative estimate of drug-likeness (QED) is 0.747. The van der Waals surface area contributed by atoms with Crippen molar-refractivity contribution in [1.82, 2.24) is 15.0 Å². The molecule has 0 bridgehead atoms. The van der Waals surface area contributed by atoms with E-state index < -0.39 is 0 Å². The number of fused-ring (bicyclic) bond motifs is 3. The lowest BCUT2D eigenvalue weighted by Crippen LogP contribution is -2.30. The van der Waals surface area contributed by atoms with Gasteiger partial charge in [0.1, 0.15) is 6.54 Å². The topological polar surface area (TPSA) is 76.9 Å². The van der Waals surface area contributed by atoms with Gasteiger partial charge in [-0.1, -0.05) is 29.8 Å². The van der Waals surface area contributed by atoms with Crippen LogP contribution in [0.3, 0.4) is 0 Å². The van der Waals surface area contributed by atoms with Crippen molar-refractivity contribution in [3.8, 4) is 0 Å². The molecule has 0 aliphatic heterocycles. The molecule has 134 valence electrons. The monoisotopic (exact) mass is 388 g/mol. The van der Waals surface area contributed by atoms with Gasteiger partial charge in [0.05, 0.1) is 5.39 Å². The lowest BCUT2D eigenvalue weighted by atomic mass is 9.89. The fourth-order valence-corrected chi connectivity index (χ4v) is 4.81. The minimum atomic E-state index is -0.347. The third-order valence-corrected chi connectivity index (χ3v) is 5.96.